The molecule has 2 aromatic carbocycles. The molecule has 0 aliphatic carbocycles. The molecule has 2 bridgehead atoms. The normalized spacial score (nSPS) is 17.4. The van der Waals surface area contributed by atoms with Crippen molar-refractivity contribution in [2.24, 2.45) is 0 Å². The standard InChI is InChI=1S/C30H24Cl2F2N8O2/c1-16-30(44)37-21-5-3-18(33)12-19(21)17-7-9-35-22(11-17)24(8-10-40(16)2)41-15-36-23(13-27(41)43)28-25(6-4-20(31)29(28)34)42-14-26(32)38-39-42/h3-7,9,11-16,24H,8,10H2,1-2H3,(H,37,44)/t16-,24-/m0/s1. The second kappa shape index (κ2) is 11.9. The molecule has 1 aliphatic heterocycles. The van der Waals surface area contributed by atoms with E-state index >= 15 is 4.39 Å². The molecule has 44 heavy (non-hydrogen) atoms. The summed E-state index contributed by atoms with van der Waals surface area (Å²) in [7, 11) is 1.80. The number of carbonyl (C=O) groups is 1. The minimum atomic E-state index is -0.791. The van der Waals surface area contributed by atoms with E-state index in [-0.39, 0.29) is 33.0 Å². The van der Waals surface area contributed by atoms with Crippen molar-refractivity contribution in [2.75, 3.05) is 18.9 Å². The Labute approximate surface area is 259 Å². The number of amides is 1. The third kappa shape index (κ3) is 5.59. The molecule has 224 valence electrons. The molecule has 0 saturated heterocycles. The highest BCUT2D eigenvalue weighted by Crippen LogP contribution is 2.34. The van der Waals surface area contributed by atoms with E-state index < -0.39 is 29.3 Å². The lowest BCUT2D eigenvalue weighted by Crippen LogP contribution is -2.41. The number of fused-ring (bicyclic) bond motifs is 4. The summed E-state index contributed by atoms with van der Waals surface area (Å²) in [5, 5.41) is 10.5. The first-order valence-electron chi connectivity index (χ1n) is 13.5. The summed E-state index contributed by atoms with van der Waals surface area (Å²) in [6.45, 7) is 2.18. The minimum Gasteiger partial charge on any atom is -0.324 e. The quantitative estimate of drug-likeness (QED) is 0.283. The van der Waals surface area contributed by atoms with E-state index in [9.17, 15) is 14.0 Å². The second-order valence-corrected chi connectivity index (χ2v) is 11.2. The van der Waals surface area contributed by atoms with Gasteiger partial charge in [-0.05, 0) is 68.4 Å². The number of halogens is 4. The average molecular weight is 637 g/mol. The van der Waals surface area contributed by atoms with Crippen molar-refractivity contribution in [3.8, 4) is 28.1 Å². The maximum atomic E-state index is 15.4. The molecule has 0 unspecified atom stereocenters. The van der Waals surface area contributed by atoms with Crippen LogP contribution in [0, 0.1) is 11.6 Å². The van der Waals surface area contributed by atoms with Gasteiger partial charge in [-0.3, -0.25) is 24.0 Å². The maximum absolute atomic E-state index is 15.4. The number of benzene rings is 2. The van der Waals surface area contributed by atoms with Crippen LogP contribution in [0.4, 0.5) is 14.5 Å². The van der Waals surface area contributed by atoms with E-state index in [4.69, 9.17) is 23.2 Å². The highest BCUT2D eigenvalue weighted by Gasteiger charge is 2.26. The molecular formula is C30H24Cl2F2N8O2. The van der Waals surface area contributed by atoms with Gasteiger partial charge in [0.15, 0.2) is 11.0 Å². The number of pyridine rings is 1. The van der Waals surface area contributed by atoms with Gasteiger partial charge >= 0.3 is 0 Å². The molecule has 2 atom stereocenters. The van der Waals surface area contributed by atoms with Crippen LogP contribution in [0.3, 0.4) is 0 Å². The lowest BCUT2D eigenvalue weighted by molar-refractivity contribution is -0.120. The van der Waals surface area contributed by atoms with Gasteiger partial charge in [0.05, 0.1) is 52.3 Å². The minimum absolute atomic E-state index is 0.0227. The van der Waals surface area contributed by atoms with Crippen LogP contribution < -0.4 is 10.9 Å². The Kier molecular flexibility index (Phi) is 7.97. The van der Waals surface area contributed by atoms with E-state index in [1.54, 1.807) is 32.3 Å². The summed E-state index contributed by atoms with van der Waals surface area (Å²) in [6, 6.07) is 10.5. The van der Waals surface area contributed by atoms with E-state index in [0.717, 1.165) is 0 Å². The molecule has 4 heterocycles. The first-order chi connectivity index (χ1) is 21.1. The molecule has 0 fully saturated rings. The lowest BCUT2D eigenvalue weighted by atomic mass is 9.99. The molecule has 0 radical (unpaired) electrons. The smallest absolute Gasteiger partial charge is 0.254 e. The Morgan fingerprint density at radius 1 is 1.02 bits per heavy atom. The van der Waals surface area contributed by atoms with Gasteiger partial charge in [-0.2, -0.15) is 0 Å². The van der Waals surface area contributed by atoms with Crippen LogP contribution in [0.2, 0.25) is 10.2 Å². The topological polar surface area (TPSA) is 111 Å². The second-order valence-electron chi connectivity index (χ2n) is 10.4. The van der Waals surface area contributed by atoms with Crippen LogP contribution in [-0.4, -0.2) is 60.0 Å². The van der Waals surface area contributed by atoms with Crippen molar-refractivity contribution in [1.82, 2.24) is 34.4 Å². The maximum Gasteiger partial charge on any atom is 0.254 e. The van der Waals surface area contributed by atoms with Gasteiger partial charge in [0, 0.05) is 30.1 Å². The van der Waals surface area contributed by atoms with Gasteiger partial charge in [-0.25, -0.2) is 18.4 Å². The molecule has 5 aromatic rings. The van der Waals surface area contributed by atoms with Gasteiger partial charge in [0.25, 0.3) is 5.56 Å². The Hall–Kier alpha value is -4.52. The molecule has 0 spiro atoms. The predicted octanol–water partition coefficient (Wildman–Crippen LogP) is 5.39. The SMILES string of the molecule is C[C@H]1C(=O)Nc2ccc(F)cc2-c2ccnc(c2)[C@@H](n2cnc(-c3c(-n4cc(Cl)nn4)ccc(Cl)c3F)cc2=O)CCN1C. The van der Waals surface area contributed by atoms with Crippen molar-refractivity contribution < 1.29 is 13.6 Å². The summed E-state index contributed by atoms with van der Waals surface area (Å²) < 4.78 is 32.5. The van der Waals surface area contributed by atoms with Crippen LogP contribution in [0.1, 0.15) is 25.1 Å². The molecule has 1 amide bonds. The van der Waals surface area contributed by atoms with E-state index in [1.165, 1.54) is 58.2 Å². The number of aromatic nitrogens is 6. The van der Waals surface area contributed by atoms with Crippen LogP contribution in [-0.2, 0) is 4.79 Å². The van der Waals surface area contributed by atoms with Crippen LogP contribution in [0.25, 0.3) is 28.1 Å². The molecule has 0 saturated carbocycles. The Morgan fingerprint density at radius 3 is 2.59 bits per heavy atom. The third-order valence-electron chi connectivity index (χ3n) is 7.68. The summed E-state index contributed by atoms with van der Waals surface area (Å²) in [6.07, 6.45) is 4.65. The Morgan fingerprint density at radius 2 is 1.84 bits per heavy atom. The number of anilines is 1. The van der Waals surface area contributed by atoms with Gasteiger partial charge in [-0.15, -0.1) is 5.10 Å². The van der Waals surface area contributed by atoms with Crippen LogP contribution in [0.15, 0.2) is 72.0 Å². The summed E-state index contributed by atoms with van der Waals surface area (Å²) in [5.41, 5.74) is 1.75. The van der Waals surface area contributed by atoms with Gasteiger partial charge in [0.2, 0.25) is 5.91 Å². The van der Waals surface area contributed by atoms with Crippen molar-refractivity contribution >= 4 is 34.8 Å². The number of rotatable bonds is 3. The zero-order valence-corrected chi connectivity index (χ0v) is 24.9. The van der Waals surface area contributed by atoms with Crippen molar-refractivity contribution in [1.29, 1.82) is 0 Å². The fourth-order valence-corrected chi connectivity index (χ4v) is 5.45. The van der Waals surface area contributed by atoms with Crippen LogP contribution >= 0.6 is 23.2 Å². The zero-order valence-electron chi connectivity index (χ0n) is 23.4. The van der Waals surface area contributed by atoms with E-state index in [2.05, 4.69) is 25.6 Å². The molecular weight excluding hydrogens is 613 g/mol. The average Bonchev–Trinajstić information content (AvgIpc) is 3.45. The number of hydrogen-bond donors (Lipinski definition) is 1. The molecule has 10 nitrogen and oxygen atoms in total. The molecule has 1 aliphatic rings. The van der Waals surface area contributed by atoms with Gasteiger partial charge in [0.1, 0.15) is 5.82 Å². The first-order valence-corrected chi connectivity index (χ1v) is 14.3. The fraction of sp³-hybridized carbons (Fsp3) is 0.200. The number of likely N-dealkylation sites (N-methyl/N-ethyl adjacent to an activating group) is 1. The fourth-order valence-electron chi connectivity index (χ4n) is 5.17. The lowest BCUT2D eigenvalue weighted by Gasteiger charge is -2.28. The van der Waals surface area contributed by atoms with Gasteiger partial charge < -0.3 is 5.32 Å². The highest BCUT2D eigenvalue weighted by molar-refractivity contribution is 6.31. The Balaban J connectivity index is 1.47. The van der Waals surface area contributed by atoms with Gasteiger partial charge in [-0.1, -0.05) is 28.4 Å². The van der Waals surface area contributed by atoms with Crippen molar-refractivity contribution in [2.45, 2.75) is 25.4 Å². The molecule has 14 heteroatoms. The first kappa shape index (κ1) is 29.5. The highest BCUT2D eigenvalue weighted by atomic mass is 35.5. The van der Waals surface area contributed by atoms with Crippen molar-refractivity contribution in [3.05, 3.63) is 105 Å². The van der Waals surface area contributed by atoms with Crippen molar-refractivity contribution in [3.63, 3.8) is 0 Å². The third-order valence-corrected chi connectivity index (χ3v) is 8.15. The molecule has 1 N–H and O–H groups in total. The largest absolute Gasteiger partial charge is 0.324 e. The van der Waals surface area contributed by atoms with E-state index in [1.807, 2.05) is 4.90 Å². The Bertz CT molecular complexity index is 1960. The van der Waals surface area contributed by atoms with Crippen LogP contribution in [0.5, 0.6) is 0 Å². The number of nitrogens with zero attached hydrogens (tertiary/aromatic N) is 7. The summed E-state index contributed by atoms with van der Waals surface area (Å²) in [5.74, 6) is -1.52. The summed E-state index contributed by atoms with van der Waals surface area (Å²) in [4.78, 5) is 37.7. The molecule has 6 rings (SSSR count). The summed E-state index contributed by atoms with van der Waals surface area (Å²) >= 11 is 12.0. The predicted molar refractivity (Wildman–Crippen MR) is 162 cm³/mol. The zero-order chi connectivity index (χ0) is 31.1. The number of carbonyl (C=O) groups excluding carboxylic acids is 1. The molecule has 3 aromatic heterocycles. The monoisotopic (exact) mass is 636 g/mol. The number of nitrogens with one attached hydrogen (secondary N) is 1. The van der Waals surface area contributed by atoms with E-state index in [0.29, 0.717) is 35.5 Å². The number of hydrogen-bond acceptors (Lipinski definition) is 7.